The van der Waals surface area contributed by atoms with Crippen LogP contribution in [0, 0.1) is 5.92 Å². The molecule has 0 saturated carbocycles. The molecule has 1 amide bonds. The third-order valence-corrected chi connectivity index (χ3v) is 4.71. The minimum absolute atomic E-state index is 0.160. The number of nitrogens with one attached hydrogen (secondary N) is 1. The van der Waals surface area contributed by atoms with Crippen LogP contribution in [0.2, 0.25) is 5.02 Å². The first-order valence-electron chi connectivity index (χ1n) is 7.38. The van der Waals surface area contributed by atoms with Gasteiger partial charge in [-0.25, -0.2) is 4.98 Å². The van der Waals surface area contributed by atoms with Crippen molar-refractivity contribution >= 4 is 17.5 Å². The summed E-state index contributed by atoms with van der Waals surface area (Å²) in [5.41, 5.74) is 0.340. The van der Waals surface area contributed by atoms with E-state index in [4.69, 9.17) is 16.3 Å². The van der Waals surface area contributed by atoms with Crippen LogP contribution in [0.3, 0.4) is 0 Å². The molecule has 21 heavy (non-hydrogen) atoms. The zero-order valence-electron chi connectivity index (χ0n) is 12.1. The van der Waals surface area contributed by atoms with Crippen LogP contribution in [0.15, 0.2) is 12.3 Å². The van der Waals surface area contributed by atoms with Gasteiger partial charge in [0.15, 0.2) is 5.75 Å². The molecule has 1 atom stereocenters. The van der Waals surface area contributed by atoms with Crippen LogP contribution < -0.4 is 10.1 Å². The molecule has 5 nitrogen and oxygen atoms in total. The van der Waals surface area contributed by atoms with Crippen LogP contribution in [0.5, 0.6) is 5.75 Å². The summed E-state index contributed by atoms with van der Waals surface area (Å²) in [6, 6.07) is 1.76. The number of hydrogen-bond donors (Lipinski definition) is 1. The summed E-state index contributed by atoms with van der Waals surface area (Å²) in [7, 11) is 1.53. The van der Waals surface area contributed by atoms with Gasteiger partial charge < -0.3 is 15.0 Å². The van der Waals surface area contributed by atoms with E-state index in [1.165, 1.54) is 26.1 Å². The first-order chi connectivity index (χ1) is 10.2. The fraction of sp³-hybridized carbons (Fsp3) is 0.600. The Morgan fingerprint density at radius 1 is 1.48 bits per heavy atom. The topological polar surface area (TPSA) is 54.5 Å². The number of methoxy groups -OCH3 is 1. The molecule has 6 heteroatoms. The molecule has 3 fully saturated rings. The number of rotatable bonds is 3. The van der Waals surface area contributed by atoms with Crippen molar-refractivity contribution in [2.75, 3.05) is 26.7 Å². The van der Waals surface area contributed by atoms with Gasteiger partial charge in [0.25, 0.3) is 5.91 Å². The second-order valence-corrected chi connectivity index (χ2v) is 6.26. The van der Waals surface area contributed by atoms with Gasteiger partial charge in [-0.2, -0.15) is 0 Å². The van der Waals surface area contributed by atoms with Gasteiger partial charge in [0.2, 0.25) is 0 Å². The summed E-state index contributed by atoms with van der Waals surface area (Å²) in [5, 5.41) is 3.50. The minimum Gasteiger partial charge on any atom is -0.494 e. The molecule has 1 aromatic heterocycles. The number of fused-ring (bicyclic) bond motifs is 4. The van der Waals surface area contributed by atoms with Gasteiger partial charge in [0.1, 0.15) is 5.69 Å². The van der Waals surface area contributed by atoms with Crippen LogP contribution in [0.4, 0.5) is 0 Å². The van der Waals surface area contributed by atoms with Gasteiger partial charge in [0, 0.05) is 12.6 Å². The average Bonchev–Trinajstić information content (AvgIpc) is 2.79. The first kappa shape index (κ1) is 14.6. The Morgan fingerprint density at radius 3 is 2.90 bits per heavy atom. The third-order valence-electron chi connectivity index (χ3n) is 4.41. The fourth-order valence-corrected chi connectivity index (χ4v) is 3.48. The minimum atomic E-state index is -0.160. The normalized spacial score (nSPS) is 28.0. The smallest absolute Gasteiger partial charge is 0.270 e. The third kappa shape index (κ3) is 3.30. The second-order valence-electron chi connectivity index (χ2n) is 5.85. The molecule has 0 radical (unpaired) electrons. The van der Waals surface area contributed by atoms with Crippen molar-refractivity contribution in [1.82, 2.24) is 15.2 Å². The molecular weight excluding hydrogens is 290 g/mol. The zero-order chi connectivity index (χ0) is 14.8. The molecule has 4 rings (SSSR count). The average molecular weight is 310 g/mol. The van der Waals surface area contributed by atoms with Crippen LogP contribution in [0.25, 0.3) is 0 Å². The van der Waals surface area contributed by atoms with Gasteiger partial charge in [-0.3, -0.25) is 4.79 Å². The highest BCUT2D eigenvalue weighted by Gasteiger charge is 2.30. The lowest BCUT2D eigenvalue weighted by molar-refractivity contribution is 0.0923. The first-order valence-corrected chi connectivity index (χ1v) is 7.76. The van der Waals surface area contributed by atoms with Crippen molar-refractivity contribution in [2.24, 2.45) is 5.92 Å². The summed E-state index contributed by atoms with van der Waals surface area (Å²) in [4.78, 5) is 18.9. The van der Waals surface area contributed by atoms with Crippen LogP contribution in [-0.2, 0) is 0 Å². The van der Waals surface area contributed by atoms with Crippen molar-refractivity contribution in [3.05, 3.63) is 23.0 Å². The van der Waals surface area contributed by atoms with Gasteiger partial charge in [0.05, 0.1) is 18.3 Å². The maximum atomic E-state index is 12.3. The molecule has 1 N–H and O–H groups in total. The number of carbonyl (C=O) groups is 1. The van der Waals surface area contributed by atoms with Gasteiger partial charge in [-0.15, -0.1) is 0 Å². The van der Waals surface area contributed by atoms with E-state index in [0.29, 0.717) is 16.5 Å². The Morgan fingerprint density at radius 2 is 2.24 bits per heavy atom. The summed E-state index contributed by atoms with van der Waals surface area (Å²) in [6.07, 6.45) is 5.04. The number of carbonyl (C=O) groups excluding carboxylic acids is 1. The highest BCUT2D eigenvalue weighted by molar-refractivity contribution is 6.32. The maximum Gasteiger partial charge on any atom is 0.270 e. The van der Waals surface area contributed by atoms with Crippen molar-refractivity contribution in [3.63, 3.8) is 0 Å². The Balaban J connectivity index is 1.67. The number of amides is 1. The number of halogens is 1. The molecule has 2 bridgehead atoms. The Bertz CT molecular complexity index is 516. The van der Waals surface area contributed by atoms with Gasteiger partial charge >= 0.3 is 0 Å². The number of ether oxygens (including phenoxy) is 1. The molecular formula is C15H20ClN3O2. The SMILES string of the molecule is COc1cnc(C(=O)N[C@@H]2CC3CCN(CC3)C2)cc1Cl. The molecule has 3 aliphatic heterocycles. The molecule has 0 unspecified atom stereocenters. The lowest BCUT2D eigenvalue weighted by Gasteiger charge is -2.26. The van der Waals surface area contributed by atoms with Gasteiger partial charge in [-0.05, 0) is 44.3 Å². The highest BCUT2D eigenvalue weighted by Crippen LogP contribution is 2.27. The van der Waals surface area contributed by atoms with Crippen molar-refractivity contribution < 1.29 is 9.53 Å². The second kappa shape index (κ2) is 6.20. The van der Waals surface area contributed by atoms with Gasteiger partial charge in [-0.1, -0.05) is 11.6 Å². The number of pyridine rings is 1. The predicted octanol–water partition coefficient (Wildman–Crippen LogP) is 1.96. The summed E-state index contributed by atoms with van der Waals surface area (Å²) in [5.74, 6) is 1.06. The van der Waals surface area contributed by atoms with Crippen LogP contribution >= 0.6 is 11.6 Å². The van der Waals surface area contributed by atoms with Crippen LogP contribution in [0.1, 0.15) is 29.8 Å². The Kier molecular flexibility index (Phi) is 4.31. The monoisotopic (exact) mass is 309 g/mol. The molecule has 114 valence electrons. The lowest BCUT2D eigenvalue weighted by atomic mass is 9.94. The predicted molar refractivity (Wildman–Crippen MR) is 80.8 cm³/mol. The number of nitrogens with zero attached hydrogens (tertiary/aromatic N) is 2. The lowest BCUT2D eigenvalue weighted by Crippen LogP contribution is -2.42. The fourth-order valence-electron chi connectivity index (χ4n) is 3.25. The Labute approximate surface area is 129 Å². The highest BCUT2D eigenvalue weighted by atomic mass is 35.5. The van der Waals surface area contributed by atoms with E-state index in [0.717, 1.165) is 32.0 Å². The quantitative estimate of drug-likeness (QED) is 0.927. The molecule has 3 saturated heterocycles. The summed E-state index contributed by atoms with van der Waals surface area (Å²) < 4.78 is 5.05. The molecule has 3 aliphatic rings. The molecule has 0 aromatic carbocycles. The molecule has 0 spiro atoms. The van der Waals surface area contributed by atoms with Crippen molar-refractivity contribution in [3.8, 4) is 5.75 Å². The number of piperidine rings is 1. The Hall–Kier alpha value is -1.33. The van der Waals surface area contributed by atoms with E-state index in [2.05, 4.69) is 15.2 Å². The van der Waals surface area contributed by atoms with Crippen molar-refractivity contribution in [1.29, 1.82) is 0 Å². The van der Waals surface area contributed by atoms with E-state index in [1.807, 2.05) is 0 Å². The summed E-state index contributed by atoms with van der Waals surface area (Å²) in [6.45, 7) is 3.25. The van der Waals surface area contributed by atoms with E-state index in [9.17, 15) is 4.79 Å². The standard InChI is InChI=1S/C15H20ClN3O2/c1-21-14-8-17-13(7-12(14)16)15(20)18-11-6-10-2-4-19(9-11)5-3-10/h7-8,10-11H,2-6,9H2,1H3,(H,18,20)/t11-/m1/s1. The number of hydrogen-bond acceptors (Lipinski definition) is 4. The number of aromatic nitrogens is 1. The van der Waals surface area contributed by atoms with Crippen LogP contribution in [-0.4, -0.2) is 48.6 Å². The molecule has 1 aromatic rings. The zero-order valence-corrected chi connectivity index (χ0v) is 12.9. The molecule has 4 heterocycles. The van der Waals surface area contributed by atoms with E-state index < -0.39 is 0 Å². The summed E-state index contributed by atoms with van der Waals surface area (Å²) >= 11 is 6.05. The molecule has 0 aliphatic carbocycles. The van der Waals surface area contributed by atoms with E-state index in [1.54, 1.807) is 6.07 Å². The largest absolute Gasteiger partial charge is 0.494 e. The maximum absolute atomic E-state index is 12.3. The van der Waals surface area contributed by atoms with E-state index >= 15 is 0 Å². The van der Waals surface area contributed by atoms with E-state index in [-0.39, 0.29) is 11.9 Å². The van der Waals surface area contributed by atoms with Crippen molar-refractivity contribution in [2.45, 2.75) is 25.3 Å².